The molecule has 7 nitrogen and oxygen atoms in total. The highest BCUT2D eigenvalue weighted by Crippen LogP contribution is 2.26. The molecule has 0 fully saturated rings. The topological polar surface area (TPSA) is 115 Å². The van der Waals surface area contributed by atoms with Crippen LogP contribution in [0.5, 0.6) is 0 Å². The molecule has 0 aliphatic rings. The van der Waals surface area contributed by atoms with Crippen LogP contribution in [0, 0.1) is 15.5 Å². The van der Waals surface area contributed by atoms with Crippen molar-refractivity contribution in [2.75, 3.05) is 12.3 Å². The van der Waals surface area contributed by atoms with Gasteiger partial charge in [-0.15, -0.1) is 0 Å². The number of hydrogen-bond donors (Lipinski definition) is 2. The first kappa shape index (κ1) is 16.4. The number of hydrogen-bond acceptors (Lipinski definition) is 5. The average molecular weight is 301 g/mol. The lowest BCUT2D eigenvalue weighted by molar-refractivity contribution is -0.387. The Balaban J connectivity index is 3.03. The van der Waals surface area contributed by atoms with Gasteiger partial charge in [-0.3, -0.25) is 10.1 Å². The van der Waals surface area contributed by atoms with Crippen molar-refractivity contribution in [3.63, 3.8) is 0 Å². The summed E-state index contributed by atoms with van der Waals surface area (Å²) in [6.07, 6.45) is 0.613. The zero-order valence-electron chi connectivity index (χ0n) is 11.7. The van der Waals surface area contributed by atoms with Crippen molar-refractivity contribution in [3.8, 4) is 0 Å². The first-order chi connectivity index (χ1) is 9.03. The van der Waals surface area contributed by atoms with E-state index in [1.165, 1.54) is 6.07 Å². The summed E-state index contributed by atoms with van der Waals surface area (Å²) in [5.41, 5.74) is 5.15. The summed E-state index contributed by atoms with van der Waals surface area (Å²) in [6.45, 7) is 6.14. The van der Waals surface area contributed by atoms with E-state index < -0.39 is 25.5 Å². The van der Waals surface area contributed by atoms with Crippen LogP contribution in [0.25, 0.3) is 0 Å². The number of anilines is 1. The van der Waals surface area contributed by atoms with Crippen molar-refractivity contribution in [2.45, 2.75) is 32.1 Å². The summed E-state index contributed by atoms with van der Waals surface area (Å²) in [4.78, 5) is 9.74. The summed E-state index contributed by atoms with van der Waals surface area (Å²) >= 11 is 0. The number of nitro benzene ring substituents is 1. The zero-order valence-corrected chi connectivity index (χ0v) is 12.5. The van der Waals surface area contributed by atoms with Crippen molar-refractivity contribution in [2.24, 2.45) is 5.41 Å². The second kappa shape index (κ2) is 5.76. The van der Waals surface area contributed by atoms with Gasteiger partial charge in [0, 0.05) is 18.3 Å². The Hall–Kier alpha value is -1.67. The number of nitrogens with two attached hydrogens (primary N) is 1. The fraction of sp³-hybridized carbons (Fsp3) is 0.500. The number of sulfonamides is 1. The minimum atomic E-state index is -3.95. The Kier molecular flexibility index (Phi) is 4.72. The van der Waals surface area contributed by atoms with Crippen LogP contribution in [0.2, 0.25) is 0 Å². The van der Waals surface area contributed by atoms with Crippen molar-refractivity contribution in [3.05, 3.63) is 28.3 Å². The fourth-order valence-corrected chi connectivity index (χ4v) is 2.77. The maximum Gasteiger partial charge on any atom is 0.289 e. The molecule has 0 spiro atoms. The second-order valence-electron chi connectivity index (χ2n) is 5.69. The van der Waals surface area contributed by atoms with Gasteiger partial charge in [-0.25, -0.2) is 13.1 Å². The molecule has 1 aromatic carbocycles. The van der Waals surface area contributed by atoms with E-state index in [4.69, 9.17) is 5.73 Å². The van der Waals surface area contributed by atoms with Crippen LogP contribution in [0.1, 0.15) is 27.2 Å². The molecule has 0 amide bonds. The van der Waals surface area contributed by atoms with Gasteiger partial charge in [0.1, 0.15) is 0 Å². The molecule has 0 atom stereocenters. The molecule has 0 saturated heterocycles. The third-order valence-electron chi connectivity index (χ3n) is 2.64. The third-order valence-corrected chi connectivity index (χ3v) is 4.13. The van der Waals surface area contributed by atoms with Crippen LogP contribution in [0.15, 0.2) is 23.1 Å². The van der Waals surface area contributed by atoms with Crippen LogP contribution in [0.4, 0.5) is 11.4 Å². The maximum absolute atomic E-state index is 12.1. The average Bonchev–Trinajstić information content (AvgIpc) is 2.26. The number of nitrogens with zero attached hydrogens (tertiary/aromatic N) is 1. The fourth-order valence-electron chi connectivity index (χ4n) is 1.53. The number of nitro groups is 1. The van der Waals surface area contributed by atoms with E-state index in [9.17, 15) is 18.5 Å². The second-order valence-corrected chi connectivity index (χ2v) is 7.43. The molecule has 1 rings (SSSR count). The van der Waals surface area contributed by atoms with Crippen LogP contribution >= 0.6 is 0 Å². The molecule has 0 unspecified atom stereocenters. The van der Waals surface area contributed by atoms with Gasteiger partial charge in [0.05, 0.1) is 4.92 Å². The zero-order chi connectivity index (χ0) is 15.6. The highest BCUT2D eigenvalue weighted by atomic mass is 32.2. The van der Waals surface area contributed by atoms with Crippen molar-refractivity contribution in [1.82, 2.24) is 4.72 Å². The molecule has 0 bridgehead atoms. The van der Waals surface area contributed by atoms with E-state index in [1.54, 1.807) is 0 Å². The molecule has 20 heavy (non-hydrogen) atoms. The lowest BCUT2D eigenvalue weighted by Gasteiger charge is -2.18. The van der Waals surface area contributed by atoms with E-state index in [2.05, 4.69) is 4.72 Å². The standard InChI is InChI=1S/C12H19N3O4S/c1-12(2,3)6-7-14-20(18,19)11-8-9(13)4-5-10(11)15(16)17/h4-5,8,14H,6-7,13H2,1-3H3. The SMILES string of the molecule is CC(C)(C)CCNS(=O)(=O)c1cc(N)ccc1[N+](=O)[O-]. The Morgan fingerprint density at radius 3 is 2.45 bits per heavy atom. The molecule has 0 aromatic heterocycles. The highest BCUT2D eigenvalue weighted by molar-refractivity contribution is 7.89. The first-order valence-electron chi connectivity index (χ1n) is 6.06. The molecule has 0 heterocycles. The lowest BCUT2D eigenvalue weighted by atomic mass is 9.93. The molecule has 112 valence electrons. The number of nitrogen functional groups attached to an aromatic ring is 1. The van der Waals surface area contributed by atoms with Crippen LogP contribution in [-0.2, 0) is 10.0 Å². The maximum atomic E-state index is 12.1. The molecule has 0 saturated carbocycles. The van der Waals surface area contributed by atoms with E-state index in [1.807, 2.05) is 20.8 Å². The first-order valence-corrected chi connectivity index (χ1v) is 7.55. The summed E-state index contributed by atoms with van der Waals surface area (Å²) in [5, 5.41) is 10.9. The smallest absolute Gasteiger partial charge is 0.289 e. The number of benzene rings is 1. The predicted octanol–water partition coefficient (Wildman–Crippen LogP) is 1.89. The van der Waals surface area contributed by atoms with Gasteiger partial charge in [0.2, 0.25) is 10.0 Å². The third kappa shape index (κ3) is 4.46. The van der Waals surface area contributed by atoms with E-state index in [0.29, 0.717) is 6.42 Å². The lowest BCUT2D eigenvalue weighted by Crippen LogP contribution is -2.28. The molecule has 0 aliphatic carbocycles. The van der Waals surface area contributed by atoms with Gasteiger partial charge in [-0.2, -0.15) is 0 Å². The molecular formula is C12H19N3O4S. The molecule has 8 heteroatoms. The predicted molar refractivity (Wildman–Crippen MR) is 76.8 cm³/mol. The summed E-state index contributed by atoms with van der Waals surface area (Å²) in [7, 11) is -3.95. The molecule has 1 aromatic rings. The number of nitrogens with one attached hydrogen (secondary N) is 1. The van der Waals surface area contributed by atoms with Crippen molar-refractivity contribution < 1.29 is 13.3 Å². The van der Waals surface area contributed by atoms with Gasteiger partial charge < -0.3 is 5.73 Å². The van der Waals surface area contributed by atoms with E-state index in [-0.39, 0.29) is 17.6 Å². The van der Waals surface area contributed by atoms with Gasteiger partial charge >= 0.3 is 0 Å². The van der Waals surface area contributed by atoms with E-state index in [0.717, 1.165) is 12.1 Å². The van der Waals surface area contributed by atoms with Crippen LogP contribution in [-0.4, -0.2) is 19.9 Å². The van der Waals surface area contributed by atoms with Gasteiger partial charge in [-0.05, 0) is 24.0 Å². The Morgan fingerprint density at radius 2 is 1.95 bits per heavy atom. The highest BCUT2D eigenvalue weighted by Gasteiger charge is 2.26. The normalized spacial score (nSPS) is 12.3. The Labute approximate surface area is 118 Å². The molecule has 0 radical (unpaired) electrons. The quantitative estimate of drug-likeness (QED) is 0.489. The summed E-state index contributed by atoms with van der Waals surface area (Å²) in [5.74, 6) is 0. The van der Waals surface area contributed by atoms with Crippen molar-refractivity contribution in [1.29, 1.82) is 0 Å². The van der Waals surface area contributed by atoms with Crippen LogP contribution < -0.4 is 10.5 Å². The summed E-state index contributed by atoms with van der Waals surface area (Å²) in [6, 6.07) is 3.48. The monoisotopic (exact) mass is 301 g/mol. The van der Waals surface area contributed by atoms with Gasteiger partial charge in [-0.1, -0.05) is 20.8 Å². The number of rotatable bonds is 5. The van der Waals surface area contributed by atoms with Gasteiger partial charge in [0.15, 0.2) is 4.90 Å². The summed E-state index contributed by atoms with van der Waals surface area (Å²) < 4.78 is 26.6. The molecular weight excluding hydrogens is 282 g/mol. The molecule has 3 N–H and O–H groups in total. The molecule has 0 aliphatic heterocycles. The van der Waals surface area contributed by atoms with Gasteiger partial charge in [0.25, 0.3) is 5.69 Å². The Bertz CT molecular complexity index is 606. The minimum Gasteiger partial charge on any atom is -0.399 e. The Morgan fingerprint density at radius 1 is 1.35 bits per heavy atom. The largest absolute Gasteiger partial charge is 0.399 e. The minimum absolute atomic E-state index is 0.0375. The van der Waals surface area contributed by atoms with Crippen LogP contribution in [0.3, 0.4) is 0 Å². The van der Waals surface area contributed by atoms with E-state index >= 15 is 0 Å². The van der Waals surface area contributed by atoms with Crippen molar-refractivity contribution >= 4 is 21.4 Å².